The van der Waals surface area contributed by atoms with Crippen LogP contribution in [0.15, 0.2) is 6.07 Å². The summed E-state index contributed by atoms with van der Waals surface area (Å²) in [5.41, 5.74) is 5.64. The summed E-state index contributed by atoms with van der Waals surface area (Å²) in [6.07, 6.45) is 2.32. The fourth-order valence-electron chi connectivity index (χ4n) is 1.12. The topological polar surface area (TPSA) is 63.8 Å². The van der Waals surface area contributed by atoms with Crippen molar-refractivity contribution in [2.75, 3.05) is 11.1 Å². The molecule has 0 atom stereocenters. The molecule has 1 aliphatic rings. The molecule has 13 heavy (non-hydrogen) atoms. The minimum absolute atomic E-state index is 0.185. The summed E-state index contributed by atoms with van der Waals surface area (Å²) in [4.78, 5) is 7.81. The largest absolute Gasteiger partial charge is 0.368 e. The van der Waals surface area contributed by atoms with E-state index in [4.69, 9.17) is 17.3 Å². The van der Waals surface area contributed by atoms with Gasteiger partial charge in [-0.15, -0.1) is 0 Å². The number of hydrogen-bond acceptors (Lipinski definition) is 4. The van der Waals surface area contributed by atoms with E-state index < -0.39 is 0 Å². The highest BCUT2D eigenvalue weighted by molar-refractivity contribution is 6.29. The number of halogens is 1. The van der Waals surface area contributed by atoms with Crippen molar-refractivity contribution in [3.63, 3.8) is 0 Å². The Labute approximate surface area is 81.5 Å². The van der Waals surface area contributed by atoms with Crippen LogP contribution in [-0.4, -0.2) is 15.5 Å². The molecular weight excluding hydrogens is 188 g/mol. The third kappa shape index (κ3) is 2.01. The molecule has 1 heterocycles. The summed E-state index contributed by atoms with van der Waals surface area (Å²) in [5.74, 6) is 0.914. The third-order valence-corrected chi connectivity index (χ3v) is 2.34. The molecule has 1 aromatic rings. The Kier molecular flexibility index (Phi) is 1.80. The van der Waals surface area contributed by atoms with Gasteiger partial charge in [-0.05, 0) is 19.8 Å². The molecular formula is C8H11ClN4. The lowest BCUT2D eigenvalue weighted by atomic mass is 10.3. The van der Waals surface area contributed by atoms with E-state index in [0.29, 0.717) is 11.0 Å². The van der Waals surface area contributed by atoms with Crippen molar-refractivity contribution in [2.24, 2.45) is 0 Å². The monoisotopic (exact) mass is 198 g/mol. The van der Waals surface area contributed by atoms with E-state index in [1.165, 1.54) is 0 Å². The Balaban J connectivity index is 2.20. The van der Waals surface area contributed by atoms with Gasteiger partial charge in [0, 0.05) is 11.6 Å². The van der Waals surface area contributed by atoms with E-state index >= 15 is 0 Å². The Morgan fingerprint density at radius 2 is 2.23 bits per heavy atom. The van der Waals surface area contributed by atoms with Crippen molar-refractivity contribution in [1.29, 1.82) is 0 Å². The molecule has 5 heteroatoms. The maximum Gasteiger partial charge on any atom is 0.223 e. The minimum atomic E-state index is 0.185. The van der Waals surface area contributed by atoms with Gasteiger partial charge < -0.3 is 11.1 Å². The van der Waals surface area contributed by atoms with Crippen LogP contribution in [0.4, 0.5) is 11.8 Å². The predicted octanol–water partition coefficient (Wildman–Crippen LogP) is 1.68. The molecule has 2 rings (SSSR count). The van der Waals surface area contributed by atoms with Crippen LogP contribution >= 0.6 is 11.6 Å². The summed E-state index contributed by atoms with van der Waals surface area (Å²) < 4.78 is 0. The van der Waals surface area contributed by atoms with Crippen molar-refractivity contribution in [2.45, 2.75) is 25.3 Å². The highest BCUT2D eigenvalue weighted by atomic mass is 35.5. The second-order valence-corrected chi connectivity index (χ2v) is 4.01. The van der Waals surface area contributed by atoms with Crippen LogP contribution in [0.5, 0.6) is 0 Å². The van der Waals surface area contributed by atoms with Crippen LogP contribution < -0.4 is 11.1 Å². The Bertz CT molecular complexity index is 315. The van der Waals surface area contributed by atoms with Gasteiger partial charge in [0.2, 0.25) is 5.95 Å². The second kappa shape index (κ2) is 2.73. The van der Waals surface area contributed by atoms with E-state index in [0.717, 1.165) is 12.8 Å². The van der Waals surface area contributed by atoms with Crippen molar-refractivity contribution in [3.05, 3.63) is 11.2 Å². The van der Waals surface area contributed by atoms with Gasteiger partial charge in [-0.3, -0.25) is 0 Å². The minimum Gasteiger partial charge on any atom is -0.368 e. The first-order valence-electron chi connectivity index (χ1n) is 4.16. The smallest absolute Gasteiger partial charge is 0.223 e. The molecule has 0 amide bonds. The van der Waals surface area contributed by atoms with E-state index in [1.54, 1.807) is 6.07 Å². The number of nitrogens with one attached hydrogen (secondary N) is 1. The highest BCUT2D eigenvalue weighted by Crippen LogP contribution is 2.37. The highest BCUT2D eigenvalue weighted by Gasteiger charge is 2.37. The maximum atomic E-state index is 5.73. The Morgan fingerprint density at radius 1 is 1.54 bits per heavy atom. The normalized spacial score (nSPS) is 18.3. The number of nitrogens with zero attached hydrogens (tertiary/aromatic N) is 2. The molecule has 1 saturated carbocycles. The number of nitrogen functional groups attached to an aromatic ring is 1. The Hall–Kier alpha value is -1.03. The average molecular weight is 199 g/mol. The molecule has 0 saturated heterocycles. The average Bonchev–Trinajstić information content (AvgIpc) is 2.64. The summed E-state index contributed by atoms with van der Waals surface area (Å²) in [7, 11) is 0. The van der Waals surface area contributed by atoms with Crippen molar-refractivity contribution in [3.8, 4) is 0 Å². The summed E-state index contributed by atoms with van der Waals surface area (Å²) in [6.45, 7) is 2.14. The zero-order valence-corrected chi connectivity index (χ0v) is 8.10. The molecule has 0 bridgehead atoms. The first kappa shape index (κ1) is 8.56. The van der Waals surface area contributed by atoms with E-state index in [-0.39, 0.29) is 11.5 Å². The summed E-state index contributed by atoms with van der Waals surface area (Å²) in [5, 5.41) is 3.63. The molecule has 70 valence electrons. The first-order valence-corrected chi connectivity index (χ1v) is 4.53. The van der Waals surface area contributed by atoms with Crippen LogP contribution in [0.3, 0.4) is 0 Å². The molecule has 3 N–H and O–H groups in total. The van der Waals surface area contributed by atoms with E-state index in [1.807, 2.05) is 0 Å². The zero-order chi connectivity index (χ0) is 9.47. The predicted molar refractivity (Wildman–Crippen MR) is 52.7 cm³/mol. The van der Waals surface area contributed by atoms with Crippen molar-refractivity contribution >= 4 is 23.4 Å². The number of anilines is 2. The SMILES string of the molecule is CC1(Nc2cc(Cl)nc(N)n2)CC1. The number of hydrogen-bond donors (Lipinski definition) is 2. The van der Waals surface area contributed by atoms with Gasteiger partial charge in [0.05, 0.1) is 0 Å². The standard InChI is InChI=1S/C8H11ClN4/c1-8(2-3-8)13-6-4-5(9)11-7(10)12-6/h4H,2-3H2,1H3,(H3,10,11,12,13). The molecule has 4 nitrogen and oxygen atoms in total. The lowest BCUT2D eigenvalue weighted by Gasteiger charge is -2.11. The lowest BCUT2D eigenvalue weighted by molar-refractivity contribution is 0.820. The van der Waals surface area contributed by atoms with Crippen LogP contribution in [0.25, 0.3) is 0 Å². The van der Waals surface area contributed by atoms with Crippen LogP contribution in [-0.2, 0) is 0 Å². The van der Waals surface area contributed by atoms with Crippen LogP contribution in [0, 0.1) is 0 Å². The van der Waals surface area contributed by atoms with E-state index in [2.05, 4.69) is 22.2 Å². The molecule has 0 aliphatic heterocycles. The van der Waals surface area contributed by atoms with Gasteiger partial charge in [0.1, 0.15) is 11.0 Å². The van der Waals surface area contributed by atoms with Crippen molar-refractivity contribution in [1.82, 2.24) is 9.97 Å². The molecule has 1 aromatic heterocycles. The first-order chi connectivity index (χ1) is 6.07. The number of aromatic nitrogens is 2. The van der Waals surface area contributed by atoms with Gasteiger partial charge >= 0.3 is 0 Å². The van der Waals surface area contributed by atoms with E-state index in [9.17, 15) is 0 Å². The lowest BCUT2D eigenvalue weighted by Crippen LogP contribution is -2.17. The third-order valence-electron chi connectivity index (χ3n) is 2.14. The van der Waals surface area contributed by atoms with Crippen LogP contribution in [0.2, 0.25) is 5.15 Å². The quantitative estimate of drug-likeness (QED) is 0.710. The summed E-state index contributed by atoms with van der Waals surface area (Å²) >= 11 is 5.73. The van der Waals surface area contributed by atoms with Crippen molar-refractivity contribution < 1.29 is 0 Å². The molecule has 0 spiro atoms. The van der Waals surface area contributed by atoms with Gasteiger partial charge in [-0.2, -0.15) is 4.98 Å². The molecule has 0 unspecified atom stereocenters. The summed E-state index contributed by atoms with van der Waals surface area (Å²) in [6, 6.07) is 1.68. The Morgan fingerprint density at radius 3 is 2.77 bits per heavy atom. The maximum absolute atomic E-state index is 5.73. The van der Waals surface area contributed by atoms with Gasteiger partial charge in [-0.25, -0.2) is 4.98 Å². The van der Waals surface area contributed by atoms with Gasteiger partial charge in [0.25, 0.3) is 0 Å². The molecule has 0 aromatic carbocycles. The fraction of sp³-hybridized carbons (Fsp3) is 0.500. The number of nitrogens with two attached hydrogens (primary N) is 1. The molecule has 1 fully saturated rings. The zero-order valence-electron chi connectivity index (χ0n) is 7.34. The van der Waals surface area contributed by atoms with Gasteiger partial charge in [0.15, 0.2) is 0 Å². The molecule has 1 aliphatic carbocycles. The second-order valence-electron chi connectivity index (χ2n) is 3.62. The number of rotatable bonds is 2. The van der Waals surface area contributed by atoms with Crippen LogP contribution in [0.1, 0.15) is 19.8 Å². The fourth-order valence-corrected chi connectivity index (χ4v) is 1.31. The molecule has 0 radical (unpaired) electrons. The van der Waals surface area contributed by atoms with Gasteiger partial charge in [-0.1, -0.05) is 11.6 Å².